The van der Waals surface area contributed by atoms with Crippen LogP contribution in [0, 0.1) is 13.8 Å². The minimum Gasteiger partial charge on any atom is -0.504 e. The van der Waals surface area contributed by atoms with Crippen molar-refractivity contribution >= 4 is 11.0 Å². The molecule has 0 atom stereocenters. The number of fused-ring (bicyclic) bond motifs is 1. The molecule has 0 aliphatic rings. The molecule has 0 saturated carbocycles. The van der Waals surface area contributed by atoms with Gasteiger partial charge in [0.1, 0.15) is 0 Å². The van der Waals surface area contributed by atoms with Crippen LogP contribution in [-0.2, 0) is 0 Å². The summed E-state index contributed by atoms with van der Waals surface area (Å²) in [6.07, 6.45) is 1.66. The Balaban J connectivity index is 2.98. The fraction of sp³-hybridized carbons (Fsp3) is 0.200. The summed E-state index contributed by atoms with van der Waals surface area (Å²) in [5, 5.41) is 10.4. The van der Waals surface area contributed by atoms with E-state index >= 15 is 0 Å². The Kier molecular flexibility index (Phi) is 1.37. The highest BCUT2D eigenvalue weighted by molar-refractivity contribution is 5.88. The fourth-order valence-corrected chi connectivity index (χ4v) is 1.49. The zero-order valence-electron chi connectivity index (χ0n) is 7.09. The van der Waals surface area contributed by atoms with Gasteiger partial charge in [0.05, 0.1) is 6.26 Å². The molecule has 2 nitrogen and oxygen atoms in total. The molecule has 0 unspecified atom stereocenters. The van der Waals surface area contributed by atoms with Gasteiger partial charge in [0.2, 0.25) is 0 Å². The number of phenolic OH excluding ortho intramolecular Hbond substituents is 1. The average molecular weight is 162 g/mol. The van der Waals surface area contributed by atoms with Crippen LogP contribution in [0.25, 0.3) is 11.0 Å². The highest BCUT2D eigenvalue weighted by Crippen LogP contribution is 2.30. The molecule has 0 saturated heterocycles. The number of furan rings is 1. The predicted octanol–water partition coefficient (Wildman–Crippen LogP) is 2.76. The van der Waals surface area contributed by atoms with Gasteiger partial charge >= 0.3 is 0 Å². The standard InChI is InChI=1S/C10H10O2/c1-6-3-4-8(11)10-9(6)7(2)5-12-10/h3-5,11H,1-2H3. The van der Waals surface area contributed by atoms with Gasteiger partial charge in [-0.05, 0) is 31.0 Å². The second-order valence-electron chi connectivity index (χ2n) is 3.02. The molecule has 0 aliphatic carbocycles. The molecule has 0 bridgehead atoms. The summed E-state index contributed by atoms with van der Waals surface area (Å²) in [4.78, 5) is 0. The van der Waals surface area contributed by atoms with Crippen molar-refractivity contribution in [1.29, 1.82) is 0 Å². The highest BCUT2D eigenvalue weighted by Gasteiger charge is 2.08. The fourth-order valence-electron chi connectivity index (χ4n) is 1.49. The van der Waals surface area contributed by atoms with Crippen molar-refractivity contribution in [2.24, 2.45) is 0 Å². The van der Waals surface area contributed by atoms with Gasteiger partial charge in [-0.15, -0.1) is 0 Å². The lowest BCUT2D eigenvalue weighted by molar-refractivity contribution is 0.465. The molecule has 1 heterocycles. The van der Waals surface area contributed by atoms with Gasteiger partial charge in [-0.1, -0.05) is 6.07 Å². The normalized spacial score (nSPS) is 10.8. The molecule has 1 aromatic carbocycles. The summed E-state index contributed by atoms with van der Waals surface area (Å²) >= 11 is 0. The molecule has 0 aliphatic heterocycles. The van der Waals surface area contributed by atoms with Crippen LogP contribution >= 0.6 is 0 Å². The first-order valence-corrected chi connectivity index (χ1v) is 3.86. The van der Waals surface area contributed by atoms with Crippen LogP contribution in [0.3, 0.4) is 0 Å². The average Bonchev–Trinajstić information content (AvgIpc) is 2.42. The van der Waals surface area contributed by atoms with Crippen LogP contribution in [0.15, 0.2) is 22.8 Å². The quantitative estimate of drug-likeness (QED) is 0.646. The second-order valence-corrected chi connectivity index (χ2v) is 3.02. The molecule has 12 heavy (non-hydrogen) atoms. The molecule has 0 radical (unpaired) electrons. The van der Waals surface area contributed by atoms with Gasteiger partial charge < -0.3 is 9.52 Å². The van der Waals surface area contributed by atoms with Crippen molar-refractivity contribution in [2.75, 3.05) is 0 Å². The first-order chi connectivity index (χ1) is 5.70. The number of benzene rings is 1. The van der Waals surface area contributed by atoms with Crippen LogP contribution in [0.4, 0.5) is 0 Å². The zero-order valence-corrected chi connectivity index (χ0v) is 7.09. The minimum absolute atomic E-state index is 0.212. The molecule has 1 aromatic heterocycles. The van der Waals surface area contributed by atoms with E-state index < -0.39 is 0 Å². The van der Waals surface area contributed by atoms with Crippen LogP contribution in [-0.4, -0.2) is 5.11 Å². The molecular weight excluding hydrogens is 152 g/mol. The lowest BCUT2D eigenvalue weighted by Crippen LogP contribution is -1.75. The molecule has 0 fully saturated rings. The molecular formula is C10H10O2. The highest BCUT2D eigenvalue weighted by atomic mass is 16.3. The van der Waals surface area contributed by atoms with Gasteiger partial charge in [0, 0.05) is 5.39 Å². The zero-order chi connectivity index (χ0) is 8.72. The Labute approximate surface area is 70.4 Å². The third kappa shape index (κ3) is 0.811. The molecule has 2 aromatic rings. The maximum absolute atomic E-state index is 9.42. The van der Waals surface area contributed by atoms with Crippen LogP contribution in [0.2, 0.25) is 0 Å². The second kappa shape index (κ2) is 2.27. The van der Waals surface area contributed by atoms with Crippen molar-refractivity contribution in [1.82, 2.24) is 0 Å². The Morgan fingerprint density at radius 1 is 1.17 bits per heavy atom. The van der Waals surface area contributed by atoms with Crippen molar-refractivity contribution in [2.45, 2.75) is 13.8 Å². The summed E-state index contributed by atoms with van der Waals surface area (Å²) in [7, 11) is 0. The Bertz CT molecular complexity index is 427. The van der Waals surface area contributed by atoms with Gasteiger partial charge in [0.25, 0.3) is 0 Å². The smallest absolute Gasteiger partial charge is 0.175 e. The summed E-state index contributed by atoms with van der Waals surface area (Å²) < 4.78 is 5.21. The molecule has 62 valence electrons. The number of hydrogen-bond acceptors (Lipinski definition) is 2. The van der Waals surface area contributed by atoms with Crippen LogP contribution in [0.5, 0.6) is 5.75 Å². The minimum atomic E-state index is 0.212. The van der Waals surface area contributed by atoms with Gasteiger partial charge in [0.15, 0.2) is 11.3 Å². The molecule has 0 spiro atoms. The number of aryl methyl sites for hydroxylation is 2. The van der Waals surface area contributed by atoms with E-state index in [0.29, 0.717) is 5.58 Å². The molecule has 2 heteroatoms. The van der Waals surface area contributed by atoms with Crippen molar-refractivity contribution in [3.63, 3.8) is 0 Å². The monoisotopic (exact) mass is 162 g/mol. The molecule has 1 N–H and O–H groups in total. The summed E-state index contributed by atoms with van der Waals surface area (Å²) in [5.74, 6) is 0.212. The summed E-state index contributed by atoms with van der Waals surface area (Å²) in [6, 6.07) is 3.54. The molecule has 2 rings (SSSR count). The van der Waals surface area contributed by atoms with E-state index in [-0.39, 0.29) is 5.75 Å². The first-order valence-electron chi connectivity index (χ1n) is 3.86. The Morgan fingerprint density at radius 3 is 2.58 bits per heavy atom. The summed E-state index contributed by atoms with van der Waals surface area (Å²) in [6.45, 7) is 3.97. The maximum atomic E-state index is 9.42. The van der Waals surface area contributed by atoms with Crippen molar-refractivity contribution in [3.05, 3.63) is 29.5 Å². The van der Waals surface area contributed by atoms with E-state index in [1.807, 2.05) is 19.9 Å². The van der Waals surface area contributed by atoms with E-state index in [9.17, 15) is 5.11 Å². The first kappa shape index (κ1) is 7.22. The van der Waals surface area contributed by atoms with Crippen LogP contribution < -0.4 is 0 Å². The van der Waals surface area contributed by atoms with Gasteiger partial charge in [-0.3, -0.25) is 0 Å². The van der Waals surface area contributed by atoms with E-state index in [1.165, 1.54) is 0 Å². The van der Waals surface area contributed by atoms with E-state index in [0.717, 1.165) is 16.5 Å². The number of rotatable bonds is 0. The largest absolute Gasteiger partial charge is 0.504 e. The lowest BCUT2D eigenvalue weighted by Gasteiger charge is -1.97. The van der Waals surface area contributed by atoms with Gasteiger partial charge in [-0.25, -0.2) is 0 Å². The lowest BCUT2D eigenvalue weighted by atomic mass is 10.1. The van der Waals surface area contributed by atoms with E-state index in [2.05, 4.69) is 0 Å². The van der Waals surface area contributed by atoms with Crippen molar-refractivity contribution < 1.29 is 9.52 Å². The number of hydrogen-bond donors (Lipinski definition) is 1. The predicted molar refractivity (Wildman–Crippen MR) is 47.4 cm³/mol. The Morgan fingerprint density at radius 2 is 1.92 bits per heavy atom. The topological polar surface area (TPSA) is 33.4 Å². The SMILES string of the molecule is Cc1ccc(O)c2occ(C)c12. The third-order valence-corrected chi connectivity index (χ3v) is 2.09. The number of phenols is 1. The third-order valence-electron chi connectivity index (χ3n) is 2.09. The summed E-state index contributed by atoms with van der Waals surface area (Å²) in [5.41, 5.74) is 2.79. The van der Waals surface area contributed by atoms with Crippen molar-refractivity contribution in [3.8, 4) is 5.75 Å². The Hall–Kier alpha value is -1.44. The van der Waals surface area contributed by atoms with E-state index in [4.69, 9.17) is 4.42 Å². The van der Waals surface area contributed by atoms with Gasteiger partial charge in [-0.2, -0.15) is 0 Å². The van der Waals surface area contributed by atoms with E-state index in [1.54, 1.807) is 12.3 Å². The maximum Gasteiger partial charge on any atom is 0.175 e. The molecule has 0 amide bonds. The number of aromatic hydroxyl groups is 1. The van der Waals surface area contributed by atoms with Crippen LogP contribution in [0.1, 0.15) is 11.1 Å².